The van der Waals surface area contributed by atoms with Crippen LogP contribution in [0.5, 0.6) is 0 Å². The Labute approximate surface area is 82.3 Å². The molecule has 0 unspecified atom stereocenters. The lowest BCUT2D eigenvalue weighted by atomic mass is 10.0. The normalized spacial score (nSPS) is 9.92. The summed E-state index contributed by atoms with van der Waals surface area (Å²) in [5, 5.41) is 4.12. The van der Waals surface area contributed by atoms with E-state index >= 15 is 0 Å². The van der Waals surface area contributed by atoms with Crippen molar-refractivity contribution in [3.8, 4) is 0 Å². The van der Waals surface area contributed by atoms with E-state index in [2.05, 4.69) is 46.4 Å². The molecule has 0 heterocycles. The Bertz CT molecular complexity index is 236. The van der Waals surface area contributed by atoms with Crippen LogP contribution in [0, 0.1) is 0 Å². The average molecular weight is 228 g/mol. The summed E-state index contributed by atoms with van der Waals surface area (Å²) < 4.78 is 0. The van der Waals surface area contributed by atoms with Crippen LogP contribution >= 0.6 is 15.9 Å². The summed E-state index contributed by atoms with van der Waals surface area (Å²) in [4.78, 5) is 0. The number of aryl methyl sites for hydroxylation is 1. The number of nitrogens with one attached hydrogen (secondary N) is 1. The molecule has 0 fully saturated rings. The van der Waals surface area contributed by atoms with Gasteiger partial charge in [-0.25, -0.2) is 0 Å². The molecule has 12 heavy (non-hydrogen) atoms. The fourth-order valence-corrected chi connectivity index (χ4v) is 2.02. The minimum atomic E-state index is 0.924. The zero-order valence-electron chi connectivity index (χ0n) is 7.52. The third kappa shape index (κ3) is 1.81. The highest BCUT2D eigenvalue weighted by molar-refractivity contribution is 9.08. The second-order valence-corrected chi connectivity index (χ2v) is 3.24. The molecule has 1 rings (SSSR count). The molecule has 0 amide bonds. The summed E-state index contributed by atoms with van der Waals surface area (Å²) in [7, 11) is 1.96. The van der Waals surface area contributed by atoms with Gasteiger partial charge < -0.3 is 5.32 Å². The number of hydrogen-bond acceptors (Lipinski definition) is 1. The maximum atomic E-state index is 3.50. The number of anilines is 1. The third-order valence-corrected chi connectivity index (χ3v) is 2.62. The number of hydrogen-bond donors (Lipinski definition) is 1. The zero-order valence-corrected chi connectivity index (χ0v) is 9.11. The van der Waals surface area contributed by atoms with Gasteiger partial charge in [-0.2, -0.15) is 0 Å². The predicted molar refractivity (Wildman–Crippen MR) is 58.0 cm³/mol. The summed E-state index contributed by atoms with van der Waals surface area (Å²) in [5.74, 6) is 0. The monoisotopic (exact) mass is 227 g/mol. The molecule has 0 radical (unpaired) electrons. The minimum absolute atomic E-state index is 0.924. The summed E-state index contributed by atoms with van der Waals surface area (Å²) in [5.41, 5.74) is 4.02. The smallest absolute Gasteiger partial charge is 0.0381 e. The quantitative estimate of drug-likeness (QED) is 0.783. The molecule has 0 aliphatic heterocycles. The highest BCUT2D eigenvalue weighted by atomic mass is 79.9. The number of benzene rings is 1. The Kier molecular flexibility index (Phi) is 3.60. The highest BCUT2D eigenvalue weighted by Gasteiger charge is 2.03. The van der Waals surface area contributed by atoms with Crippen LogP contribution < -0.4 is 5.32 Å². The van der Waals surface area contributed by atoms with Gasteiger partial charge in [-0.15, -0.1) is 0 Å². The molecule has 0 aliphatic rings. The van der Waals surface area contributed by atoms with Crippen molar-refractivity contribution in [2.45, 2.75) is 18.7 Å². The Balaban J connectivity index is 3.13. The summed E-state index contributed by atoms with van der Waals surface area (Å²) in [6.07, 6.45) is 1.09. The molecule has 0 aliphatic carbocycles. The van der Waals surface area contributed by atoms with Crippen molar-refractivity contribution >= 4 is 21.6 Å². The topological polar surface area (TPSA) is 12.0 Å². The van der Waals surface area contributed by atoms with Crippen molar-refractivity contribution in [3.63, 3.8) is 0 Å². The first-order valence-electron chi connectivity index (χ1n) is 4.18. The van der Waals surface area contributed by atoms with Gasteiger partial charge in [0.25, 0.3) is 0 Å². The van der Waals surface area contributed by atoms with Gasteiger partial charge in [-0.05, 0) is 23.6 Å². The summed E-state index contributed by atoms with van der Waals surface area (Å²) >= 11 is 3.50. The van der Waals surface area contributed by atoms with E-state index in [1.807, 2.05) is 7.05 Å². The molecule has 0 spiro atoms. The molecule has 0 aromatic heterocycles. The third-order valence-electron chi connectivity index (χ3n) is 2.06. The maximum absolute atomic E-state index is 3.50. The van der Waals surface area contributed by atoms with E-state index in [-0.39, 0.29) is 0 Å². The van der Waals surface area contributed by atoms with E-state index in [0.717, 1.165) is 11.8 Å². The summed E-state index contributed by atoms with van der Waals surface area (Å²) in [6.45, 7) is 2.18. The Morgan fingerprint density at radius 1 is 1.42 bits per heavy atom. The fourth-order valence-electron chi connectivity index (χ4n) is 1.36. The first-order valence-corrected chi connectivity index (χ1v) is 5.30. The van der Waals surface area contributed by atoms with Crippen LogP contribution in [0.4, 0.5) is 5.69 Å². The fraction of sp³-hybridized carbons (Fsp3) is 0.400. The number of alkyl halides is 1. The van der Waals surface area contributed by atoms with Crippen LogP contribution in [0.1, 0.15) is 18.1 Å². The van der Waals surface area contributed by atoms with Gasteiger partial charge in [0.15, 0.2) is 0 Å². The van der Waals surface area contributed by atoms with Crippen molar-refractivity contribution in [3.05, 3.63) is 29.3 Å². The molecule has 1 N–H and O–H groups in total. The Morgan fingerprint density at radius 2 is 2.17 bits per heavy atom. The van der Waals surface area contributed by atoms with Crippen LogP contribution in [0.15, 0.2) is 18.2 Å². The van der Waals surface area contributed by atoms with E-state index in [9.17, 15) is 0 Å². The predicted octanol–water partition coefficient (Wildman–Crippen LogP) is 3.19. The molecular weight excluding hydrogens is 214 g/mol. The molecule has 0 saturated carbocycles. The van der Waals surface area contributed by atoms with Crippen molar-refractivity contribution in [1.82, 2.24) is 0 Å². The number of rotatable bonds is 3. The van der Waals surface area contributed by atoms with Gasteiger partial charge in [0.2, 0.25) is 0 Å². The second-order valence-electron chi connectivity index (χ2n) is 2.68. The molecule has 0 saturated heterocycles. The molecule has 1 nitrogen and oxygen atoms in total. The van der Waals surface area contributed by atoms with Gasteiger partial charge in [0, 0.05) is 18.1 Å². The SMILES string of the molecule is CCc1cccc(NC)c1CBr. The molecular formula is C10H14BrN. The van der Waals surface area contributed by atoms with Crippen molar-refractivity contribution < 1.29 is 0 Å². The van der Waals surface area contributed by atoms with Crippen LogP contribution in [0.2, 0.25) is 0 Å². The Morgan fingerprint density at radius 3 is 2.67 bits per heavy atom. The molecule has 1 aromatic carbocycles. The van der Waals surface area contributed by atoms with Gasteiger partial charge >= 0.3 is 0 Å². The van der Waals surface area contributed by atoms with Gasteiger partial charge in [-0.3, -0.25) is 0 Å². The molecule has 0 bridgehead atoms. The van der Waals surface area contributed by atoms with Crippen molar-refractivity contribution in [2.24, 2.45) is 0 Å². The first-order chi connectivity index (χ1) is 5.83. The molecule has 2 heteroatoms. The number of halogens is 1. The summed E-state index contributed by atoms with van der Waals surface area (Å²) in [6, 6.07) is 6.38. The highest BCUT2D eigenvalue weighted by Crippen LogP contribution is 2.22. The molecule has 66 valence electrons. The second kappa shape index (κ2) is 4.51. The maximum Gasteiger partial charge on any atom is 0.0381 e. The van der Waals surface area contributed by atoms with Crippen molar-refractivity contribution in [1.29, 1.82) is 0 Å². The van der Waals surface area contributed by atoms with Crippen molar-refractivity contribution in [2.75, 3.05) is 12.4 Å². The van der Waals surface area contributed by atoms with E-state index in [0.29, 0.717) is 0 Å². The lowest BCUT2D eigenvalue weighted by Crippen LogP contribution is -1.97. The standard InChI is InChI=1S/C10H14BrN/c1-3-8-5-4-6-10(12-2)9(8)7-11/h4-6,12H,3,7H2,1-2H3. The van der Waals surface area contributed by atoms with E-state index in [4.69, 9.17) is 0 Å². The zero-order chi connectivity index (χ0) is 8.97. The van der Waals surface area contributed by atoms with Crippen LogP contribution in [0.25, 0.3) is 0 Å². The van der Waals surface area contributed by atoms with Gasteiger partial charge in [-0.1, -0.05) is 35.0 Å². The lowest BCUT2D eigenvalue weighted by molar-refractivity contribution is 1.10. The Hall–Kier alpha value is -0.500. The van der Waals surface area contributed by atoms with Gasteiger partial charge in [0.05, 0.1) is 0 Å². The minimum Gasteiger partial charge on any atom is -0.388 e. The lowest BCUT2D eigenvalue weighted by Gasteiger charge is -2.10. The van der Waals surface area contributed by atoms with Crippen LogP contribution in [-0.2, 0) is 11.8 Å². The van der Waals surface area contributed by atoms with Crippen LogP contribution in [0.3, 0.4) is 0 Å². The largest absolute Gasteiger partial charge is 0.388 e. The first kappa shape index (κ1) is 9.59. The molecule has 1 aromatic rings. The van der Waals surface area contributed by atoms with E-state index in [1.165, 1.54) is 16.8 Å². The van der Waals surface area contributed by atoms with Crippen LogP contribution in [-0.4, -0.2) is 7.05 Å². The molecule has 0 atom stereocenters. The average Bonchev–Trinajstić information content (AvgIpc) is 2.16. The van der Waals surface area contributed by atoms with E-state index < -0.39 is 0 Å². The van der Waals surface area contributed by atoms with Gasteiger partial charge in [0.1, 0.15) is 0 Å². The van der Waals surface area contributed by atoms with E-state index in [1.54, 1.807) is 0 Å².